The van der Waals surface area contributed by atoms with E-state index in [1.165, 1.54) is 0 Å². The molecule has 24 valence electrons. The summed E-state index contributed by atoms with van der Waals surface area (Å²) >= 11 is 0. The van der Waals surface area contributed by atoms with E-state index in [4.69, 9.17) is 0 Å². The maximum atomic E-state index is 0. The van der Waals surface area contributed by atoms with Crippen LogP contribution in [0.4, 0.5) is 0 Å². The molecule has 0 spiro atoms. The first-order chi connectivity index (χ1) is 0. The summed E-state index contributed by atoms with van der Waals surface area (Å²) < 4.78 is 0. The second kappa shape index (κ2) is 18.9. The van der Waals surface area contributed by atoms with Crippen molar-refractivity contribution in [1.82, 2.24) is 0 Å². The Morgan fingerprint density at radius 2 is 0.500 bits per heavy atom. The van der Waals surface area contributed by atoms with E-state index < -0.39 is 0 Å². The zero-order valence-corrected chi connectivity index (χ0v) is 8.01. The number of halogens is 3. The van der Waals surface area contributed by atoms with Gasteiger partial charge in [-0.1, -0.05) is 0 Å². The van der Waals surface area contributed by atoms with Crippen molar-refractivity contribution in [2.75, 3.05) is 0 Å². The van der Waals surface area contributed by atoms with E-state index in [0.717, 1.165) is 0 Å². The molecular weight excluding hydrogens is 264 g/mol. The molecule has 0 saturated heterocycles. The molecule has 0 fully saturated rings. The molecule has 0 aliphatic heterocycles. The van der Waals surface area contributed by atoms with Gasteiger partial charge in [-0.3, -0.25) is 0 Å². The molecule has 0 amide bonds. The summed E-state index contributed by atoms with van der Waals surface area (Å²) in [6.45, 7) is 0. The normalized spacial score (nSPS) is 0. The minimum absolute atomic E-state index is 0. The van der Waals surface area contributed by atoms with Gasteiger partial charge in [-0.05, 0) is 0 Å². The Morgan fingerprint density at radius 1 is 0.500 bits per heavy atom. The minimum Gasteiger partial charge on any atom is -1.00 e. The largest absolute Gasteiger partial charge is 2.00 e. The molecule has 0 aromatic heterocycles. The molecule has 0 bridgehead atoms. The average molecular weight is 264 g/mol. The van der Waals surface area contributed by atoms with Gasteiger partial charge in [0.25, 0.3) is 0 Å². The number of hydrogen-bond donors (Lipinski definition) is 0. The van der Waals surface area contributed by atoms with Crippen molar-refractivity contribution in [3.05, 3.63) is 0 Å². The zero-order chi connectivity index (χ0) is 0. The molecule has 0 saturated carbocycles. The van der Waals surface area contributed by atoms with Gasteiger partial charge in [0.1, 0.15) is 0 Å². The van der Waals surface area contributed by atoms with Gasteiger partial charge in [0, 0.05) is 0 Å². The summed E-state index contributed by atoms with van der Waals surface area (Å²) in [7, 11) is 0. The van der Waals surface area contributed by atoms with Gasteiger partial charge < -0.3 is 50.9 Å². The fraction of sp³-hybridized carbons (Fsp3) is 0. The van der Waals surface area contributed by atoms with Crippen molar-refractivity contribution in [1.29, 1.82) is 0 Å². The quantitative estimate of drug-likeness (QED) is 0.381. The van der Waals surface area contributed by atoms with Crippen molar-refractivity contribution in [3.63, 3.8) is 0 Å². The Morgan fingerprint density at radius 3 is 0.500 bits per heavy atom. The van der Waals surface area contributed by atoms with Crippen molar-refractivity contribution in [2.24, 2.45) is 0 Å². The monoisotopic (exact) mass is 261 g/mol. The molecule has 0 nitrogen and oxygen atoms in total. The Bertz CT molecular complexity index is 3.25. The predicted octanol–water partition coefficient (Wildman–Crippen LogP) is -9.37. The second-order valence-corrected chi connectivity index (χ2v) is 0. The van der Waals surface area contributed by atoms with Crippen LogP contribution in [0.3, 0.4) is 0 Å². The van der Waals surface area contributed by atoms with Crippen LogP contribution in [0.5, 0.6) is 0 Å². The van der Waals surface area contributed by atoms with Gasteiger partial charge in [-0.2, -0.15) is 0 Å². The SMILES string of the molecule is [Br-].[Br-].[Br-].[Mg+2]. The van der Waals surface area contributed by atoms with Crippen molar-refractivity contribution >= 4 is 23.1 Å². The van der Waals surface area contributed by atoms with Crippen LogP contribution in [0, 0.1) is 0 Å². The standard InChI is InChI=1S/3BrH.Mg/h3*1H;/q;;;+2/p-3. The van der Waals surface area contributed by atoms with Crippen molar-refractivity contribution < 1.29 is 50.9 Å². The van der Waals surface area contributed by atoms with E-state index in [9.17, 15) is 0 Å². The molecule has 0 heterocycles. The first-order valence-corrected chi connectivity index (χ1v) is 0. The van der Waals surface area contributed by atoms with Gasteiger partial charge in [-0.15, -0.1) is 0 Å². The van der Waals surface area contributed by atoms with Crippen LogP contribution in [0.25, 0.3) is 0 Å². The smallest absolute Gasteiger partial charge is 1.00 e. The van der Waals surface area contributed by atoms with E-state index in [2.05, 4.69) is 0 Å². The van der Waals surface area contributed by atoms with E-state index in [0.29, 0.717) is 0 Å². The summed E-state index contributed by atoms with van der Waals surface area (Å²) in [6, 6.07) is 0. The first kappa shape index (κ1) is 34.6. The molecule has 0 rings (SSSR count). The van der Waals surface area contributed by atoms with Crippen LogP contribution in [-0.4, -0.2) is 23.1 Å². The van der Waals surface area contributed by atoms with Gasteiger partial charge in [-0.25, -0.2) is 0 Å². The number of hydrogen-bond acceptors (Lipinski definition) is 0. The fourth-order valence-corrected chi connectivity index (χ4v) is 0. The average Bonchev–Trinajstić information content (AvgIpc) is 0. The van der Waals surface area contributed by atoms with E-state index in [-0.39, 0.29) is 74.0 Å². The maximum Gasteiger partial charge on any atom is 2.00 e. The molecule has 0 atom stereocenters. The first-order valence-electron chi connectivity index (χ1n) is 0. The van der Waals surface area contributed by atoms with Crippen LogP contribution in [0.2, 0.25) is 0 Å². The molecule has 4 heteroatoms. The van der Waals surface area contributed by atoms with Crippen LogP contribution >= 0.6 is 0 Å². The third-order valence-corrected chi connectivity index (χ3v) is 0. The fourth-order valence-electron chi connectivity index (χ4n) is 0. The molecular formula is Br3Mg-. The summed E-state index contributed by atoms with van der Waals surface area (Å²) in [4.78, 5) is 0. The van der Waals surface area contributed by atoms with Gasteiger partial charge in [0.15, 0.2) is 0 Å². The molecule has 0 radical (unpaired) electrons. The molecule has 0 unspecified atom stereocenters. The summed E-state index contributed by atoms with van der Waals surface area (Å²) in [5.74, 6) is 0. The number of rotatable bonds is 0. The van der Waals surface area contributed by atoms with Crippen molar-refractivity contribution in [3.8, 4) is 0 Å². The second-order valence-electron chi connectivity index (χ2n) is 0. The van der Waals surface area contributed by atoms with Crippen LogP contribution < -0.4 is 50.9 Å². The van der Waals surface area contributed by atoms with Gasteiger partial charge in [0.05, 0.1) is 0 Å². The Kier molecular flexibility index (Phi) is 164. The zero-order valence-electron chi connectivity index (χ0n) is 1.84. The minimum atomic E-state index is 0. The molecule has 0 N–H and O–H groups in total. The van der Waals surface area contributed by atoms with Crippen LogP contribution in [0.1, 0.15) is 0 Å². The maximum absolute atomic E-state index is 0. The van der Waals surface area contributed by atoms with E-state index in [1.807, 2.05) is 0 Å². The van der Waals surface area contributed by atoms with Gasteiger partial charge >= 0.3 is 23.1 Å². The van der Waals surface area contributed by atoms with Gasteiger partial charge in [0.2, 0.25) is 0 Å². The van der Waals surface area contributed by atoms with E-state index >= 15 is 0 Å². The third kappa shape index (κ3) is 8.88. The Balaban J connectivity index is 0. The van der Waals surface area contributed by atoms with E-state index in [1.54, 1.807) is 0 Å². The van der Waals surface area contributed by atoms with Crippen LogP contribution in [-0.2, 0) is 0 Å². The Labute approximate surface area is 73.2 Å². The third-order valence-electron chi connectivity index (χ3n) is 0. The summed E-state index contributed by atoms with van der Waals surface area (Å²) in [6.07, 6.45) is 0. The molecule has 0 aromatic carbocycles. The van der Waals surface area contributed by atoms with Crippen LogP contribution in [0.15, 0.2) is 0 Å². The topological polar surface area (TPSA) is 0 Å². The Hall–Kier alpha value is 2.21. The molecule has 4 heavy (non-hydrogen) atoms. The summed E-state index contributed by atoms with van der Waals surface area (Å²) in [5, 5.41) is 0. The molecule has 0 aliphatic rings. The molecule has 0 aromatic rings. The molecule has 0 aliphatic carbocycles. The summed E-state index contributed by atoms with van der Waals surface area (Å²) in [5.41, 5.74) is 0. The predicted molar refractivity (Wildman–Crippen MR) is 5.75 cm³/mol. The van der Waals surface area contributed by atoms with Crippen molar-refractivity contribution in [2.45, 2.75) is 0 Å².